The summed E-state index contributed by atoms with van der Waals surface area (Å²) >= 11 is 0. The smallest absolute Gasteiger partial charge is 0.475 e. The van der Waals surface area contributed by atoms with Gasteiger partial charge in [-0.1, -0.05) is 6.92 Å². The Morgan fingerprint density at radius 1 is 1.27 bits per heavy atom. The van der Waals surface area contributed by atoms with Crippen LogP contribution in [-0.2, 0) is 23.8 Å². The van der Waals surface area contributed by atoms with Crippen molar-refractivity contribution in [2.45, 2.75) is 31.1 Å². The number of hydrogen-bond donors (Lipinski definition) is 1. The third-order valence-corrected chi connectivity index (χ3v) is 3.96. The molecule has 0 amide bonds. The first kappa shape index (κ1) is 18.4. The summed E-state index contributed by atoms with van der Waals surface area (Å²) in [6, 6.07) is 0. The van der Waals surface area contributed by atoms with E-state index in [0.717, 1.165) is 0 Å². The Morgan fingerprint density at radius 2 is 1.73 bits per heavy atom. The third kappa shape index (κ3) is 2.80. The lowest BCUT2D eigenvalue weighted by Gasteiger charge is -2.31. The van der Waals surface area contributed by atoms with Crippen molar-refractivity contribution in [1.82, 2.24) is 0 Å². The monoisotopic (exact) mass is 358 g/mol. The van der Waals surface area contributed by atoms with E-state index in [-0.39, 0.29) is 0 Å². The molecule has 1 aliphatic heterocycles. The Bertz CT molecular complexity index is 617. The van der Waals surface area contributed by atoms with Gasteiger partial charge in [0.2, 0.25) is 11.4 Å². The molecule has 1 aliphatic rings. The highest BCUT2D eigenvalue weighted by Gasteiger charge is 2.65. The lowest BCUT2D eigenvalue weighted by molar-refractivity contribution is -0.263. The number of aliphatic carboxylic acids is 1. The quantitative estimate of drug-likeness (QED) is 0.472. The minimum Gasteiger partial charge on any atom is -0.475 e. The van der Waals surface area contributed by atoms with Crippen molar-refractivity contribution in [3.63, 3.8) is 0 Å². The number of halogens is 6. The molecule has 0 saturated heterocycles. The molecule has 0 aromatic carbocycles. The Balaban J connectivity index is 3.37. The zero-order chi connectivity index (χ0) is 17.7. The summed E-state index contributed by atoms with van der Waals surface area (Å²) in [5, 5.41) is 8.69. The first-order valence-electron chi connectivity index (χ1n) is 5.28. The predicted molar refractivity (Wildman–Crippen MR) is 55.4 cm³/mol. The van der Waals surface area contributed by atoms with Gasteiger partial charge in [0, 0.05) is 0 Å². The van der Waals surface area contributed by atoms with Crippen LogP contribution in [-0.4, -0.2) is 36.8 Å². The second-order valence-electron chi connectivity index (χ2n) is 4.41. The van der Waals surface area contributed by atoms with Crippen LogP contribution in [0.5, 0.6) is 0 Å². The maximum absolute atomic E-state index is 12.9. The highest BCUT2D eigenvalue weighted by molar-refractivity contribution is 7.87. The maximum atomic E-state index is 12.9. The van der Waals surface area contributed by atoms with Crippen LogP contribution in [0.3, 0.4) is 0 Å². The lowest BCUT2D eigenvalue weighted by atomic mass is 9.90. The normalized spacial score (nSPS) is 26.8. The number of carbonyl (C=O) groups is 1. The van der Waals surface area contributed by atoms with E-state index in [2.05, 4.69) is 8.92 Å². The van der Waals surface area contributed by atoms with Gasteiger partial charge in [0.1, 0.15) is 0 Å². The third-order valence-electron chi connectivity index (χ3n) is 3.00. The fourth-order valence-corrected chi connectivity index (χ4v) is 2.08. The zero-order valence-corrected chi connectivity index (χ0v) is 11.6. The van der Waals surface area contributed by atoms with Gasteiger partial charge in [0.05, 0.1) is 5.92 Å². The van der Waals surface area contributed by atoms with Gasteiger partial charge in [-0.05, 0) is 6.92 Å². The van der Waals surface area contributed by atoms with E-state index in [0.29, 0.717) is 13.8 Å². The molecule has 13 heteroatoms. The van der Waals surface area contributed by atoms with Crippen molar-refractivity contribution >= 4 is 16.1 Å². The van der Waals surface area contributed by atoms with Crippen LogP contribution < -0.4 is 0 Å². The molecule has 1 N–H and O–H groups in total. The molecule has 2 atom stereocenters. The summed E-state index contributed by atoms with van der Waals surface area (Å²) < 4.78 is 105. The number of hydrogen-bond acceptors (Lipinski definition) is 5. The van der Waals surface area contributed by atoms with Crippen LogP contribution in [0.4, 0.5) is 26.3 Å². The van der Waals surface area contributed by atoms with Crippen LogP contribution in [0.25, 0.3) is 0 Å². The second-order valence-corrected chi connectivity index (χ2v) is 5.95. The molecule has 0 aliphatic carbocycles. The summed E-state index contributed by atoms with van der Waals surface area (Å²) in [7, 11) is -6.34. The van der Waals surface area contributed by atoms with E-state index in [4.69, 9.17) is 5.11 Å². The summed E-state index contributed by atoms with van der Waals surface area (Å²) in [5.41, 5.74) is -9.20. The van der Waals surface area contributed by atoms with Gasteiger partial charge in [0.15, 0.2) is 5.76 Å². The molecule has 0 fully saturated rings. The van der Waals surface area contributed by atoms with E-state index in [1.807, 2.05) is 0 Å². The largest absolute Gasteiger partial charge is 0.534 e. The highest BCUT2D eigenvalue weighted by Crippen LogP contribution is 2.50. The van der Waals surface area contributed by atoms with Gasteiger partial charge >= 0.3 is 27.8 Å². The van der Waals surface area contributed by atoms with Crippen molar-refractivity contribution in [3.05, 3.63) is 11.5 Å². The number of ether oxygens (including phenoxy) is 1. The Hall–Kier alpha value is -1.66. The minimum absolute atomic E-state index is 0.358. The van der Waals surface area contributed by atoms with Crippen molar-refractivity contribution in [3.8, 4) is 0 Å². The predicted octanol–water partition coefficient (Wildman–Crippen LogP) is 2.14. The van der Waals surface area contributed by atoms with Crippen molar-refractivity contribution < 1.29 is 53.6 Å². The second kappa shape index (κ2) is 4.93. The molecule has 128 valence electrons. The van der Waals surface area contributed by atoms with Crippen LogP contribution >= 0.6 is 0 Å². The fraction of sp³-hybridized carbons (Fsp3) is 0.667. The fourth-order valence-electron chi connectivity index (χ4n) is 1.53. The van der Waals surface area contributed by atoms with E-state index >= 15 is 0 Å². The van der Waals surface area contributed by atoms with E-state index < -0.39 is 50.8 Å². The number of carboxylic acids is 1. The number of rotatable bonds is 3. The van der Waals surface area contributed by atoms with Gasteiger partial charge < -0.3 is 14.0 Å². The van der Waals surface area contributed by atoms with E-state index in [1.165, 1.54) is 0 Å². The summed E-state index contributed by atoms with van der Waals surface area (Å²) in [6.45, 7) is 0.988. The molecule has 0 spiro atoms. The van der Waals surface area contributed by atoms with E-state index in [9.17, 15) is 39.6 Å². The SMILES string of the molecule is CC1C(OS(=O)(=O)C(F)(F)F)=C(C(=O)O)OC1(C)C(F)(F)F. The lowest BCUT2D eigenvalue weighted by Crippen LogP contribution is -2.47. The summed E-state index contributed by atoms with van der Waals surface area (Å²) in [5.74, 6) is -7.58. The van der Waals surface area contributed by atoms with Crippen LogP contribution in [0, 0.1) is 5.92 Å². The van der Waals surface area contributed by atoms with Crippen LogP contribution in [0.15, 0.2) is 11.5 Å². The first-order chi connectivity index (χ1) is 9.54. The standard InChI is InChI=1S/C9H8F6O6S/c1-3-4(21-22(18,19)9(13,14)15)5(6(16)17)20-7(3,2)8(10,11)12/h3H,1-2H3,(H,16,17). The topological polar surface area (TPSA) is 89.9 Å². The number of alkyl halides is 6. The average molecular weight is 358 g/mol. The molecule has 0 aromatic heterocycles. The van der Waals surface area contributed by atoms with Gasteiger partial charge in [-0.2, -0.15) is 34.8 Å². The van der Waals surface area contributed by atoms with Gasteiger partial charge in [-0.3, -0.25) is 0 Å². The minimum atomic E-state index is -6.34. The zero-order valence-electron chi connectivity index (χ0n) is 10.7. The van der Waals surface area contributed by atoms with Gasteiger partial charge in [0.25, 0.3) is 0 Å². The average Bonchev–Trinajstić information content (AvgIpc) is 2.52. The molecule has 2 unspecified atom stereocenters. The van der Waals surface area contributed by atoms with Crippen LogP contribution in [0.1, 0.15) is 13.8 Å². The Morgan fingerprint density at radius 3 is 2.05 bits per heavy atom. The molecule has 1 heterocycles. The molecule has 1 rings (SSSR count). The summed E-state index contributed by atoms with van der Waals surface area (Å²) in [6.07, 6.45) is -5.19. The van der Waals surface area contributed by atoms with Crippen molar-refractivity contribution in [1.29, 1.82) is 0 Å². The molecule has 22 heavy (non-hydrogen) atoms. The van der Waals surface area contributed by atoms with Crippen molar-refractivity contribution in [2.75, 3.05) is 0 Å². The maximum Gasteiger partial charge on any atom is 0.534 e. The Labute approximate surface area is 119 Å². The molecular formula is C9H8F6O6S. The molecule has 0 aromatic rings. The molecule has 6 nitrogen and oxygen atoms in total. The first-order valence-corrected chi connectivity index (χ1v) is 6.69. The molecular weight excluding hydrogens is 350 g/mol. The molecule has 0 radical (unpaired) electrons. The number of carboxylic acid groups (broad SMARTS) is 1. The molecule has 0 saturated carbocycles. The highest BCUT2D eigenvalue weighted by atomic mass is 32.2. The van der Waals surface area contributed by atoms with Crippen molar-refractivity contribution in [2.24, 2.45) is 5.92 Å². The molecule has 0 bridgehead atoms. The van der Waals surface area contributed by atoms with Gasteiger partial charge in [-0.25, -0.2) is 4.79 Å². The van der Waals surface area contributed by atoms with Gasteiger partial charge in [-0.15, -0.1) is 0 Å². The van der Waals surface area contributed by atoms with Crippen LogP contribution in [0.2, 0.25) is 0 Å². The summed E-state index contributed by atoms with van der Waals surface area (Å²) in [4.78, 5) is 10.8. The Kier molecular flexibility index (Phi) is 4.12. The van der Waals surface area contributed by atoms with E-state index in [1.54, 1.807) is 0 Å².